The molecule has 1 aromatic carbocycles. The average Bonchev–Trinajstić information content (AvgIpc) is 3.09. The third-order valence-electron chi connectivity index (χ3n) is 4.55. The summed E-state index contributed by atoms with van der Waals surface area (Å²) in [6.07, 6.45) is 2.47. The van der Waals surface area contributed by atoms with E-state index >= 15 is 0 Å². The third kappa shape index (κ3) is 4.17. The van der Waals surface area contributed by atoms with Gasteiger partial charge in [0.25, 0.3) is 0 Å². The first-order valence-corrected chi connectivity index (χ1v) is 9.14. The van der Waals surface area contributed by atoms with Gasteiger partial charge in [0.05, 0.1) is 11.1 Å². The van der Waals surface area contributed by atoms with Crippen LogP contribution >= 0.6 is 11.3 Å². The van der Waals surface area contributed by atoms with Crippen LogP contribution in [0.4, 0.5) is 9.93 Å². The monoisotopic (exact) mass is 359 g/mol. The molecule has 1 amide bonds. The Morgan fingerprint density at radius 3 is 2.72 bits per heavy atom. The van der Waals surface area contributed by atoms with Crippen LogP contribution in [0.3, 0.4) is 0 Å². The molecule has 2 heterocycles. The minimum atomic E-state index is -0.842. The van der Waals surface area contributed by atoms with Crippen molar-refractivity contribution in [3.63, 3.8) is 0 Å². The summed E-state index contributed by atoms with van der Waals surface area (Å²) in [4.78, 5) is 29.9. The van der Waals surface area contributed by atoms with Crippen LogP contribution in [0.15, 0.2) is 30.5 Å². The number of aryl methyl sites for hydroxylation is 1. The predicted molar refractivity (Wildman–Crippen MR) is 97.5 cm³/mol. The fourth-order valence-corrected chi connectivity index (χ4v) is 3.76. The summed E-state index contributed by atoms with van der Waals surface area (Å²) in [5.41, 5.74) is 1.67. The van der Waals surface area contributed by atoms with Crippen LogP contribution in [0, 0.1) is 12.8 Å². The molecule has 25 heavy (non-hydrogen) atoms. The molecule has 6 nitrogen and oxygen atoms in total. The fourth-order valence-electron chi connectivity index (χ4n) is 2.98. The molecule has 0 radical (unpaired) electrons. The lowest BCUT2D eigenvalue weighted by atomic mass is 9.97. The number of ketones is 1. The van der Waals surface area contributed by atoms with Gasteiger partial charge in [-0.2, -0.15) is 0 Å². The topological polar surface area (TPSA) is 82.5 Å². The predicted octanol–water partition coefficient (Wildman–Crippen LogP) is 3.48. The Balaban J connectivity index is 1.55. The Morgan fingerprint density at radius 2 is 2.04 bits per heavy atom. The molecular weight excluding hydrogens is 338 g/mol. The molecule has 0 bridgehead atoms. The van der Waals surface area contributed by atoms with Crippen molar-refractivity contribution in [2.45, 2.75) is 19.8 Å². The van der Waals surface area contributed by atoms with Crippen LogP contribution < -0.4 is 5.32 Å². The van der Waals surface area contributed by atoms with E-state index < -0.39 is 6.09 Å². The zero-order valence-electron chi connectivity index (χ0n) is 14.1. The number of carbonyl (C=O) groups is 2. The standard InChI is InChI=1S/C18H21N3O3S/c1-12-4-2-3-5-14(12)16(22)15-11-20-17(25-15)19-10-13-6-8-21(9-7-13)18(23)24/h2-5,11,13H,6-10H2,1H3,(H,19,20)(H,23,24). The minimum Gasteiger partial charge on any atom is -0.465 e. The minimum absolute atomic E-state index is 0.00147. The van der Waals surface area contributed by atoms with E-state index in [4.69, 9.17) is 5.11 Å². The summed E-state index contributed by atoms with van der Waals surface area (Å²) >= 11 is 1.36. The summed E-state index contributed by atoms with van der Waals surface area (Å²) in [5, 5.41) is 13.0. The van der Waals surface area contributed by atoms with Gasteiger partial charge in [-0.15, -0.1) is 0 Å². The highest BCUT2D eigenvalue weighted by molar-refractivity contribution is 7.17. The highest BCUT2D eigenvalue weighted by Gasteiger charge is 2.22. The van der Waals surface area contributed by atoms with Crippen LogP contribution in [0.5, 0.6) is 0 Å². The van der Waals surface area contributed by atoms with Gasteiger partial charge in [-0.1, -0.05) is 35.6 Å². The van der Waals surface area contributed by atoms with E-state index in [-0.39, 0.29) is 5.78 Å². The lowest BCUT2D eigenvalue weighted by molar-refractivity contribution is 0.104. The van der Waals surface area contributed by atoms with Crippen molar-refractivity contribution in [1.29, 1.82) is 0 Å². The number of nitrogens with one attached hydrogen (secondary N) is 1. The first-order chi connectivity index (χ1) is 12.0. The van der Waals surface area contributed by atoms with E-state index in [0.717, 1.165) is 30.1 Å². The molecule has 3 rings (SSSR count). The van der Waals surface area contributed by atoms with Crippen molar-refractivity contribution in [2.75, 3.05) is 25.0 Å². The summed E-state index contributed by atoms with van der Waals surface area (Å²) < 4.78 is 0. The summed E-state index contributed by atoms with van der Waals surface area (Å²) in [6.45, 7) is 3.84. The van der Waals surface area contributed by atoms with Crippen molar-refractivity contribution in [3.8, 4) is 0 Å². The maximum absolute atomic E-state index is 12.6. The number of rotatable bonds is 5. The van der Waals surface area contributed by atoms with Crippen LogP contribution in [0.25, 0.3) is 0 Å². The van der Waals surface area contributed by atoms with Crippen molar-refractivity contribution >= 4 is 28.3 Å². The van der Waals surface area contributed by atoms with Gasteiger partial charge in [0.2, 0.25) is 5.78 Å². The average molecular weight is 359 g/mol. The molecule has 7 heteroatoms. The van der Waals surface area contributed by atoms with Crippen molar-refractivity contribution in [2.24, 2.45) is 5.92 Å². The molecule has 1 saturated heterocycles. The zero-order chi connectivity index (χ0) is 17.8. The summed E-state index contributed by atoms with van der Waals surface area (Å²) in [7, 11) is 0. The number of hydrogen-bond acceptors (Lipinski definition) is 5. The molecule has 1 aliphatic rings. The van der Waals surface area contributed by atoms with Gasteiger partial charge in [0, 0.05) is 25.2 Å². The van der Waals surface area contributed by atoms with Crippen LogP contribution in [-0.2, 0) is 0 Å². The maximum Gasteiger partial charge on any atom is 0.407 e. The highest BCUT2D eigenvalue weighted by atomic mass is 32.1. The van der Waals surface area contributed by atoms with Crippen molar-refractivity contribution in [1.82, 2.24) is 9.88 Å². The number of piperidine rings is 1. The van der Waals surface area contributed by atoms with Gasteiger partial charge in [-0.05, 0) is 31.2 Å². The van der Waals surface area contributed by atoms with E-state index in [2.05, 4.69) is 10.3 Å². The second kappa shape index (κ2) is 7.65. The van der Waals surface area contributed by atoms with Gasteiger partial charge in [0.15, 0.2) is 5.13 Å². The molecule has 1 aromatic heterocycles. The number of hydrogen-bond donors (Lipinski definition) is 2. The number of carboxylic acid groups (broad SMARTS) is 1. The van der Waals surface area contributed by atoms with Crippen molar-refractivity contribution < 1.29 is 14.7 Å². The molecule has 0 spiro atoms. The number of nitrogens with zero attached hydrogens (tertiary/aromatic N) is 2. The Labute approximate surface area is 150 Å². The molecule has 2 N–H and O–H groups in total. The van der Waals surface area contributed by atoms with E-state index in [1.54, 1.807) is 6.20 Å². The van der Waals surface area contributed by atoms with Crippen molar-refractivity contribution in [3.05, 3.63) is 46.5 Å². The first-order valence-electron chi connectivity index (χ1n) is 8.32. The zero-order valence-corrected chi connectivity index (χ0v) is 14.9. The van der Waals surface area contributed by atoms with E-state index in [9.17, 15) is 9.59 Å². The Morgan fingerprint density at radius 1 is 1.32 bits per heavy atom. The van der Waals surface area contributed by atoms with Crippen LogP contribution in [0.1, 0.15) is 33.6 Å². The lowest BCUT2D eigenvalue weighted by Crippen LogP contribution is -2.39. The highest BCUT2D eigenvalue weighted by Crippen LogP contribution is 2.24. The number of benzene rings is 1. The molecule has 132 valence electrons. The molecule has 1 fully saturated rings. The summed E-state index contributed by atoms with van der Waals surface area (Å²) in [5.74, 6) is 0.424. The van der Waals surface area contributed by atoms with Crippen LogP contribution in [-0.4, -0.2) is 46.5 Å². The number of thiazole rings is 1. The van der Waals surface area contributed by atoms with E-state index in [0.29, 0.717) is 29.4 Å². The molecule has 0 unspecified atom stereocenters. The Hall–Kier alpha value is -2.41. The van der Waals surface area contributed by atoms with Crippen LogP contribution in [0.2, 0.25) is 0 Å². The Bertz CT molecular complexity index is 766. The molecule has 0 aliphatic carbocycles. The number of anilines is 1. The van der Waals surface area contributed by atoms with Gasteiger partial charge in [0.1, 0.15) is 0 Å². The van der Waals surface area contributed by atoms with Gasteiger partial charge < -0.3 is 15.3 Å². The van der Waals surface area contributed by atoms with Gasteiger partial charge in [-0.3, -0.25) is 4.79 Å². The summed E-state index contributed by atoms with van der Waals surface area (Å²) in [6, 6.07) is 7.54. The lowest BCUT2D eigenvalue weighted by Gasteiger charge is -2.29. The normalized spacial score (nSPS) is 15.2. The largest absolute Gasteiger partial charge is 0.465 e. The number of amides is 1. The first kappa shape index (κ1) is 17.4. The van der Waals surface area contributed by atoms with Gasteiger partial charge >= 0.3 is 6.09 Å². The number of carbonyl (C=O) groups excluding carboxylic acids is 1. The molecule has 0 saturated carbocycles. The molecule has 0 atom stereocenters. The quantitative estimate of drug-likeness (QED) is 0.799. The molecule has 2 aromatic rings. The van der Waals surface area contributed by atoms with E-state index in [1.807, 2.05) is 31.2 Å². The number of aromatic nitrogens is 1. The second-order valence-corrected chi connectivity index (χ2v) is 7.30. The SMILES string of the molecule is Cc1ccccc1C(=O)c1cnc(NCC2CCN(C(=O)O)CC2)s1. The second-order valence-electron chi connectivity index (χ2n) is 6.27. The van der Waals surface area contributed by atoms with Gasteiger partial charge in [-0.25, -0.2) is 9.78 Å². The fraction of sp³-hybridized carbons (Fsp3) is 0.389. The number of likely N-dealkylation sites (tertiary alicyclic amines) is 1. The Kier molecular flexibility index (Phi) is 5.33. The molecule has 1 aliphatic heterocycles. The van der Waals surface area contributed by atoms with E-state index in [1.165, 1.54) is 16.2 Å². The molecular formula is C18H21N3O3S. The smallest absolute Gasteiger partial charge is 0.407 e. The maximum atomic E-state index is 12.6. The third-order valence-corrected chi connectivity index (χ3v) is 5.50.